The predicted octanol–water partition coefficient (Wildman–Crippen LogP) is 13.4. The molecule has 5 heterocycles. The van der Waals surface area contributed by atoms with E-state index in [4.69, 9.17) is 6.58 Å². The largest absolute Gasteiger partial charge is 0.301 e. The van der Waals surface area contributed by atoms with Gasteiger partial charge < -0.3 is 0 Å². The number of nitrogens with zero attached hydrogens (tertiary/aromatic N) is 3. The molecule has 0 spiro atoms. The lowest BCUT2D eigenvalue weighted by molar-refractivity contribution is -0.719. The van der Waals surface area contributed by atoms with Gasteiger partial charge in [0.25, 0.3) is 0 Å². The Morgan fingerprint density at radius 2 is 1.41 bits per heavy atom. The maximum Gasteiger partial charge on any atom is 0.301 e. The molecule has 0 fully saturated rings. The molecule has 0 N–H and O–H groups in total. The van der Waals surface area contributed by atoms with Crippen LogP contribution in [0.25, 0.3) is 87.1 Å². The van der Waals surface area contributed by atoms with E-state index in [-0.39, 0.29) is 6.04 Å². The molecule has 2 aliphatic rings. The molecule has 2 atom stereocenters. The Kier molecular flexibility index (Phi) is 8.25. The number of thiophene rings is 1. The number of hydrogen-bond donors (Lipinski definition) is 0. The van der Waals surface area contributed by atoms with E-state index in [0.29, 0.717) is 5.92 Å². The van der Waals surface area contributed by atoms with Gasteiger partial charge in [-0.25, -0.2) is 0 Å². The second kappa shape index (κ2) is 13.8. The summed E-state index contributed by atoms with van der Waals surface area (Å²) in [5, 5.41) is 6.59. The van der Waals surface area contributed by atoms with Crippen LogP contribution in [0.2, 0.25) is 19.6 Å². The first-order valence-electron chi connectivity index (χ1n) is 21.7. The summed E-state index contributed by atoms with van der Waals surface area (Å²) in [6.07, 6.45) is 5.33. The third-order valence-electron chi connectivity index (χ3n) is 13.6. The van der Waals surface area contributed by atoms with Crippen LogP contribution in [0, 0.1) is 0 Å². The van der Waals surface area contributed by atoms with Gasteiger partial charge in [0.15, 0.2) is 23.3 Å². The summed E-state index contributed by atoms with van der Waals surface area (Å²) in [7, 11) is -1.63. The molecule has 0 saturated carbocycles. The number of imidazole rings is 1. The minimum atomic E-state index is -1.63. The first-order chi connectivity index (χ1) is 29.8. The molecule has 0 amide bonds. The molecule has 12 rings (SSSR count). The highest BCUT2D eigenvalue weighted by Gasteiger charge is 2.44. The van der Waals surface area contributed by atoms with Crippen LogP contribution in [-0.4, -0.2) is 12.6 Å². The van der Waals surface area contributed by atoms with Gasteiger partial charge in [0, 0.05) is 49.2 Å². The summed E-state index contributed by atoms with van der Waals surface area (Å²) in [5.74, 6) is 1.49. The van der Waals surface area contributed by atoms with E-state index >= 15 is 0 Å². The molecule has 5 heteroatoms. The monoisotopic (exact) mass is 821 g/mol. The zero-order valence-corrected chi connectivity index (χ0v) is 36.7. The summed E-state index contributed by atoms with van der Waals surface area (Å²) in [4.78, 5) is 0. The molecular weight excluding hydrogens is 775 g/mol. The van der Waals surface area contributed by atoms with Gasteiger partial charge in [-0.15, -0.1) is 11.3 Å². The molecule has 3 aromatic heterocycles. The SMILES string of the molecule is C=C1CC2C(CCc3ccc4c(sc5ccccc54)c3-c3n(-c4ccccc4-c4ccccc4)c4ccc5ccccc5c4[n+]31)c1ccccc1-c1ccc([Si](C)(C)C)c[n+]12. The van der Waals surface area contributed by atoms with Crippen LogP contribution in [0.15, 0.2) is 177 Å². The van der Waals surface area contributed by atoms with Gasteiger partial charge in [-0.3, -0.25) is 0 Å². The number of hydrogen-bond acceptors (Lipinski definition) is 1. The second-order valence-electron chi connectivity index (χ2n) is 18.1. The zero-order chi connectivity index (χ0) is 41.0. The molecule has 294 valence electrons. The molecule has 2 aliphatic heterocycles. The first-order valence-corrected chi connectivity index (χ1v) is 26.0. The lowest BCUT2D eigenvalue weighted by atomic mass is 9.77. The number of fused-ring (bicyclic) bond motifs is 17. The van der Waals surface area contributed by atoms with Gasteiger partial charge in [-0.05, 0) is 71.3 Å². The van der Waals surface area contributed by atoms with E-state index in [1.54, 1.807) is 0 Å². The van der Waals surface area contributed by atoms with Crippen molar-refractivity contribution in [3.8, 4) is 39.5 Å². The molecule has 0 aliphatic carbocycles. The summed E-state index contributed by atoms with van der Waals surface area (Å²) < 4.78 is 10.5. The van der Waals surface area contributed by atoms with Crippen molar-refractivity contribution >= 4 is 72.3 Å². The van der Waals surface area contributed by atoms with Gasteiger partial charge in [0.1, 0.15) is 11.4 Å². The van der Waals surface area contributed by atoms with Crippen LogP contribution < -0.4 is 14.3 Å². The highest BCUT2D eigenvalue weighted by molar-refractivity contribution is 7.26. The number of rotatable bonds is 3. The fourth-order valence-corrected chi connectivity index (χ4v) is 13.1. The highest BCUT2D eigenvalue weighted by Crippen LogP contribution is 2.48. The average Bonchev–Trinajstić information content (AvgIpc) is 3.85. The van der Waals surface area contributed by atoms with Gasteiger partial charge >= 0.3 is 5.82 Å². The van der Waals surface area contributed by atoms with E-state index < -0.39 is 8.07 Å². The van der Waals surface area contributed by atoms with E-state index in [1.807, 2.05) is 11.3 Å². The Labute approximate surface area is 362 Å². The third kappa shape index (κ3) is 5.60. The van der Waals surface area contributed by atoms with Crippen molar-refractivity contribution in [2.45, 2.75) is 50.9 Å². The maximum absolute atomic E-state index is 5.21. The van der Waals surface area contributed by atoms with E-state index in [2.05, 4.69) is 203 Å². The Morgan fingerprint density at radius 1 is 0.672 bits per heavy atom. The van der Waals surface area contributed by atoms with Crippen LogP contribution in [0.5, 0.6) is 0 Å². The second-order valence-corrected chi connectivity index (χ2v) is 24.3. The van der Waals surface area contributed by atoms with Crippen molar-refractivity contribution < 1.29 is 9.13 Å². The standard InChI is InChI=1S/C56H47N3SSi/c1-36-34-51-45(43-21-10-11-22-44(43)48-33-29-40(35-57(48)51)61(2,3)4)30-26-39-27-31-47-46-23-13-15-25-52(46)60-55(47)53(39)56-58(36)54-42-20-9-8-18-38(42)28-32-50(54)59(56)49-24-14-12-19-41(49)37-16-6-5-7-17-37/h5-25,27-29,31-33,35,45,51H,1,26,30,34H2,2-4H3/q+2. The molecule has 3 nitrogen and oxygen atoms in total. The van der Waals surface area contributed by atoms with Crippen LogP contribution in [0.3, 0.4) is 0 Å². The fourth-order valence-electron chi connectivity index (χ4n) is 10.7. The summed E-state index contributed by atoms with van der Waals surface area (Å²) in [6, 6.07) is 61.6. The van der Waals surface area contributed by atoms with Gasteiger partial charge in [0.05, 0.1) is 24.8 Å². The quantitative estimate of drug-likeness (QED) is 0.124. The Morgan fingerprint density at radius 3 is 2.26 bits per heavy atom. The molecule has 61 heavy (non-hydrogen) atoms. The van der Waals surface area contributed by atoms with Crippen molar-refractivity contribution in [3.05, 3.63) is 188 Å². The molecule has 0 saturated heterocycles. The minimum Gasteiger partial charge on any atom is -0.195 e. The normalized spacial score (nSPS) is 16.3. The van der Waals surface area contributed by atoms with Crippen LogP contribution in [0.1, 0.15) is 35.9 Å². The summed E-state index contributed by atoms with van der Waals surface area (Å²) in [5.41, 5.74) is 13.9. The highest BCUT2D eigenvalue weighted by atomic mass is 32.1. The third-order valence-corrected chi connectivity index (χ3v) is 16.9. The van der Waals surface area contributed by atoms with Gasteiger partial charge in [0.2, 0.25) is 5.69 Å². The molecule has 2 unspecified atom stereocenters. The number of aromatic nitrogens is 3. The van der Waals surface area contributed by atoms with Crippen molar-refractivity contribution in [2.24, 2.45) is 0 Å². The van der Waals surface area contributed by atoms with E-state index in [9.17, 15) is 0 Å². The molecule has 0 bridgehead atoms. The lowest BCUT2D eigenvalue weighted by Crippen LogP contribution is -2.53. The van der Waals surface area contributed by atoms with Crippen molar-refractivity contribution in [1.82, 2.24) is 4.57 Å². The Balaban J connectivity index is 1.23. The number of benzene rings is 7. The molecule has 0 radical (unpaired) electrons. The van der Waals surface area contributed by atoms with Crippen LogP contribution >= 0.6 is 11.3 Å². The average molecular weight is 822 g/mol. The van der Waals surface area contributed by atoms with Crippen molar-refractivity contribution in [2.75, 3.05) is 0 Å². The zero-order valence-electron chi connectivity index (χ0n) is 34.9. The number of para-hydroxylation sites is 1. The van der Waals surface area contributed by atoms with Crippen molar-refractivity contribution in [3.63, 3.8) is 0 Å². The van der Waals surface area contributed by atoms with E-state index in [0.717, 1.165) is 25.0 Å². The van der Waals surface area contributed by atoms with Crippen molar-refractivity contribution in [1.29, 1.82) is 0 Å². The Bertz CT molecular complexity index is 3420. The minimum absolute atomic E-state index is 0.189. The smallest absolute Gasteiger partial charge is 0.195 e. The maximum atomic E-state index is 5.21. The molecular formula is C56H47N3SSi+2. The number of allylic oxidation sites excluding steroid dienone is 1. The summed E-state index contributed by atoms with van der Waals surface area (Å²) in [6.45, 7) is 12.6. The fraction of sp³-hybridized carbons (Fsp3) is 0.143. The molecule has 10 aromatic rings. The van der Waals surface area contributed by atoms with E-state index in [1.165, 1.54) is 97.8 Å². The number of aryl methyl sites for hydroxylation is 1. The summed E-state index contributed by atoms with van der Waals surface area (Å²) >= 11 is 1.94. The van der Waals surface area contributed by atoms with Crippen LogP contribution in [0.4, 0.5) is 0 Å². The topological polar surface area (TPSA) is 12.7 Å². The predicted molar refractivity (Wildman–Crippen MR) is 260 cm³/mol. The molecule has 7 aromatic carbocycles. The first kappa shape index (κ1) is 36.4. The Hall–Kier alpha value is -6.40. The van der Waals surface area contributed by atoms with Gasteiger partial charge in [-0.2, -0.15) is 13.7 Å². The van der Waals surface area contributed by atoms with Gasteiger partial charge in [-0.1, -0.05) is 148 Å². The van der Waals surface area contributed by atoms with Crippen LogP contribution in [-0.2, 0) is 6.42 Å². The lowest BCUT2D eigenvalue weighted by Gasteiger charge is -2.32. The number of pyridine rings is 1.